The molecule has 0 aliphatic heterocycles. The molecule has 0 unspecified atom stereocenters. The lowest BCUT2D eigenvalue weighted by atomic mass is 10.3. The molecule has 0 atom stereocenters. The first-order chi connectivity index (χ1) is 8.69. The van der Waals surface area contributed by atoms with E-state index in [0.717, 1.165) is 0 Å². The number of nitrogens with two attached hydrogens (primary N) is 1. The molecule has 0 radical (unpaired) electrons. The quantitative estimate of drug-likeness (QED) is 0.859. The number of aromatic nitrogens is 2. The lowest BCUT2D eigenvalue weighted by Crippen LogP contribution is -2.02. The highest BCUT2D eigenvalue weighted by Gasteiger charge is 2.03. The van der Waals surface area contributed by atoms with Gasteiger partial charge in [-0.25, -0.2) is 0 Å². The van der Waals surface area contributed by atoms with Gasteiger partial charge in [-0.05, 0) is 24.3 Å². The molecule has 0 saturated heterocycles. The van der Waals surface area contributed by atoms with Crippen molar-refractivity contribution in [2.75, 3.05) is 12.8 Å². The predicted molar refractivity (Wildman–Crippen MR) is 68.8 cm³/mol. The van der Waals surface area contributed by atoms with Gasteiger partial charge < -0.3 is 15.2 Å². The van der Waals surface area contributed by atoms with Crippen molar-refractivity contribution in [3.8, 4) is 11.6 Å². The molecule has 2 rings (SSSR count). The van der Waals surface area contributed by atoms with E-state index in [0.29, 0.717) is 28.0 Å². The van der Waals surface area contributed by atoms with Crippen molar-refractivity contribution in [3.63, 3.8) is 0 Å². The summed E-state index contributed by atoms with van der Waals surface area (Å²) in [5.41, 5.74) is 6.94. The van der Waals surface area contributed by atoms with Gasteiger partial charge in [-0.1, -0.05) is 11.6 Å². The first-order valence-corrected chi connectivity index (χ1v) is 5.61. The van der Waals surface area contributed by atoms with Crippen LogP contribution in [0.3, 0.4) is 0 Å². The largest absolute Gasteiger partial charge is 0.485 e. The summed E-state index contributed by atoms with van der Waals surface area (Å²) in [5, 5.41) is 8.36. The van der Waals surface area contributed by atoms with Crippen LogP contribution in [0.2, 0.25) is 5.02 Å². The lowest BCUT2D eigenvalue weighted by Gasteiger charge is -2.08. The van der Waals surface area contributed by atoms with E-state index in [1.54, 1.807) is 30.3 Å². The molecule has 0 fully saturated rings. The first kappa shape index (κ1) is 12.4. The van der Waals surface area contributed by atoms with Crippen LogP contribution in [0.4, 0.5) is 5.69 Å². The molecule has 5 nitrogen and oxygen atoms in total. The fraction of sp³-hybridized carbons (Fsp3) is 0.167. The van der Waals surface area contributed by atoms with Gasteiger partial charge >= 0.3 is 0 Å². The third kappa shape index (κ3) is 3.01. The lowest BCUT2D eigenvalue weighted by molar-refractivity contribution is 0.300. The Kier molecular flexibility index (Phi) is 3.84. The number of rotatable bonds is 4. The van der Waals surface area contributed by atoms with Crippen LogP contribution in [0.1, 0.15) is 5.69 Å². The molecule has 94 valence electrons. The van der Waals surface area contributed by atoms with Gasteiger partial charge in [0.05, 0.1) is 12.8 Å². The third-order valence-electron chi connectivity index (χ3n) is 2.25. The number of benzene rings is 1. The van der Waals surface area contributed by atoms with Crippen molar-refractivity contribution < 1.29 is 9.47 Å². The molecule has 1 aromatic heterocycles. The van der Waals surface area contributed by atoms with Crippen molar-refractivity contribution in [2.24, 2.45) is 0 Å². The van der Waals surface area contributed by atoms with Gasteiger partial charge in [0.2, 0.25) is 5.88 Å². The summed E-state index contributed by atoms with van der Waals surface area (Å²) in [4.78, 5) is 0. The normalized spacial score (nSPS) is 10.1. The number of anilines is 1. The van der Waals surface area contributed by atoms with E-state index in [9.17, 15) is 0 Å². The molecular formula is C12H12ClN3O2. The Morgan fingerprint density at radius 1 is 1.22 bits per heavy atom. The number of halogens is 1. The Balaban J connectivity index is 2.02. The third-order valence-corrected chi connectivity index (χ3v) is 2.49. The average Bonchev–Trinajstić information content (AvgIpc) is 2.38. The summed E-state index contributed by atoms with van der Waals surface area (Å²) in [6.45, 7) is 0.281. The maximum atomic E-state index is 5.80. The summed E-state index contributed by atoms with van der Waals surface area (Å²) in [6, 6.07) is 8.56. The number of nitrogens with zero attached hydrogens (tertiary/aromatic N) is 2. The Bertz CT molecular complexity index is 531. The highest BCUT2D eigenvalue weighted by molar-refractivity contribution is 6.30. The van der Waals surface area contributed by atoms with E-state index >= 15 is 0 Å². The molecule has 0 aliphatic rings. The van der Waals surface area contributed by atoms with Gasteiger partial charge in [0, 0.05) is 11.1 Å². The van der Waals surface area contributed by atoms with E-state index in [1.165, 1.54) is 7.11 Å². The second kappa shape index (κ2) is 5.55. The van der Waals surface area contributed by atoms with Gasteiger partial charge in [-0.3, -0.25) is 0 Å². The van der Waals surface area contributed by atoms with Crippen LogP contribution >= 0.6 is 11.6 Å². The van der Waals surface area contributed by atoms with E-state index in [2.05, 4.69) is 10.2 Å². The van der Waals surface area contributed by atoms with Gasteiger partial charge in [-0.15, -0.1) is 10.2 Å². The Morgan fingerprint density at radius 2 is 2.06 bits per heavy atom. The standard InChI is InChI=1S/C12H12ClN3O2/c1-17-12-5-3-9(15-16-12)7-18-11-4-2-8(13)6-10(11)14/h2-6H,7,14H2,1H3. The van der Waals surface area contributed by atoms with Crippen LogP contribution in [0, 0.1) is 0 Å². The summed E-state index contributed by atoms with van der Waals surface area (Å²) in [6.07, 6.45) is 0. The molecule has 0 aliphatic carbocycles. The molecule has 18 heavy (non-hydrogen) atoms. The van der Waals surface area contributed by atoms with Crippen molar-refractivity contribution in [3.05, 3.63) is 41.0 Å². The van der Waals surface area contributed by atoms with E-state index in [-0.39, 0.29) is 6.61 Å². The van der Waals surface area contributed by atoms with Crippen molar-refractivity contribution in [1.82, 2.24) is 10.2 Å². The number of hydrogen-bond acceptors (Lipinski definition) is 5. The molecule has 0 bridgehead atoms. The molecule has 0 saturated carbocycles. The first-order valence-electron chi connectivity index (χ1n) is 5.23. The van der Waals surface area contributed by atoms with E-state index in [1.807, 2.05) is 0 Å². The predicted octanol–water partition coefficient (Wildman–Crippen LogP) is 2.30. The minimum Gasteiger partial charge on any atom is -0.485 e. The van der Waals surface area contributed by atoms with Crippen molar-refractivity contribution >= 4 is 17.3 Å². The highest BCUT2D eigenvalue weighted by Crippen LogP contribution is 2.25. The topological polar surface area (TPSA) is 70.3 Å². The summed E-state index contributed by atoms with van der Waals surface area (Å²) in [5.74, 6) is 1.03. The summed E-state index contributed by atoms with van der Waals surface area (Å²) >= 11 is 5.80. The maximum absolute atomic E-state index is 5.80. The molecule has 1 aromatic carbocycles. The molecule has 2 N–H and O–H groups in total. The van der Waals surface area contributed by atoms with E-state index < -0.39 is 0 Å². The molecule has 6 heteroatoms. The summed E-state index contributed by atoms with van der Waals surface area (Å²) in [7, 11) is 1.54. The van der Waals surface area contributed by atoms with Crippen LogP contribution in [-0.4, -0.2) is 17.3 Å². The van der Waals surface area contributed by atoms with Crippen LogP contribution in [-0.2, 0) is 6.61 Å². The minimum atomic E-state index is 0.281. The fourth-order valence-corrected chi connectivity index (χ4v) is 1.52. The second-order valence-electron chi connectivity index (χ2n) is 3.54. The number of nitrogen functional groups attached to an aromatic ring is 1. The number of hydrogen-bond donors (Lipinski definition) is 1. The monoisotopic (exact) mass is 265 g/mol. The molecule has 1 heterocycles. The average molecular weight is 266 g/mol. The minimum absolute atomic E-state index is 0.281. The molecule has 0 amide bonds. The molecule has 0 spiro atoms. The highest BCUT2D eigenvalue weighted by atomic mass is 35.5. The maximum Gasteiger partial charge on any atom is 0.233 e. The van der Waals surface area contributed by atoms with Gasteiger partial charge in [0.1, 0.15) is 18.1 Å². The zero-order valence-corrected chi connectivity index (χ0v) is 10.5. The summed E-state index contributed by atoms with van der Waals surface area (Å²) < 4.78 is 10.4. The second-order valence-corrected chi connectivity index (χ2v) is 3.97. The Labute approximate surface area is 109 Å². The van der Waals surface area contributed by atoms with E-state index in [4.69, 9.17) is 26.8 Å². The zero-order chi connectivity index (χ0) is 13.0. The van der Waals surface area contributed by atoms with Crippen LogP contribution in [0.15, 0.2) is 30.3 Å². The van der Waals surface area contributed by atoms with Crippen molar-refractivity contribution in [1.29, 1.82) is 0 Å². The van der Waals surface area contributed by atoms with Gasteiger partial charge in [-0.2, -0.15) is 0 Å². The fourth-order valence-electron chi connectivity index (χ4n) is 1.34. The number of ether oxygens (including phenoxy) is 2. The number of methoxy groups -OCH3 is 1. The Morgan fingerprint density at radius 3 is 2.67 bits per heavy atom. The van der Waals surface area contributed by atoms with Gasteiger partial charge in [0.25, 0.3) is 0 Å². The SMILES string of the molecule is COc1ccc(COc2ccc(Cl)cc2N)nn1. The van der Waals surface area contributed by atoms with Crippen LogP contribution in [0.5, 0.6) is 11.6 Å². The molecule has 2 aromatic rings. The zero-order valence-electron chi connectivity index (χ0n) is 9.76. The van der Waals surface area contributed by atoms with Gasteiger partial charge in [0.15, 0.2) is 0 Å². The van der Waals surface area contributed by atoms with Crippen molar-refractivity contribution in [2.45, 2.75) is 6.61 Å². The van der Waals surface area contributed by atoms with Crippen LogP contribution < -0.4 is 15.2 Å². The van der Waals surface area contributed by atoms with Crippen LogP contribution in [0.25, 0.3) is 0 Å². The molecular weight excluding hydrogens is 254 g/mol. The Hall–Kier alpha value is -2.01. The smallest absolute Gasteiger partial charge is 0.233 e.